The van der Waals surface area contributed by atoms with E-state index in [4.69, 9.17) is 4.74 Å². The first-order chi connectivity index (χ1) is 9.83. The van der Waals surface area contributed by atoms with Crippen molar-refractivity contribution in [1.29, 1.82) is 0 Å². The smallest absolute Gasteiger partial charge is 0.247 e. The molecule has 0 spiro atoms. The Hall–Kier alpha value is -1.43. The van der Waals surface area contributed by atoms with Gasteiger partial charge in [0.05, 0.1) is 12.3 Å². The number of aromatic nitrogens is 3. The predicted octanol–water partition coefficient (Wildman–Crippen LogP) is 2.09. The summed E-state index contributed by atoms with van der Waals surface area (Å²) in [5, 5.41) is 11.5. The molecule has 2 heterocycles. The van der Waals surface area contributed by atoms with E-state index in [1.54, 1.807) is 6.20 Å². The van der Waals surface area contributed by atoms with Gasteiger partial charge in [0.1, 0.15) is 0 Å². The number of rotatable bonds is 8. The van der Waals surface area contributed by atoms with Crippen molar-refractivity contribution >= 4 is 11.8 Å². The predicted molar refractivity (Wildman–Crippen MR) is 80.1 cm³/mol. The molecule has 1 N–H and O–H groups in total. The van der Waals surface area contributed by atoms with Gasteiger partial charge in [-0.15, -0.1) is 5.10 Å². The lowest BCUT2D eigenvalue weighted by Crippen LogP contribution is -2.28. The molecule has 20 heavy (non-hydrogen) atoms. The minimum Gasteiger partial charge on any atom is -0.376 e. The Morgan fingerprint density at radius 3 is 2.80 bits per heavy atom. The molecule has 2 rings (SSSR count). The molecule has 1 unspecified atom stereocenters. The van der Waals surface area contributed by atoms with E-state index < -0.39 is 0 Å². The number of nitrogens with one attached hydrogen (secondary N) is 1. The van der Waals surface area contributed by atoms with Gasteiger partial charge in [-0.05, 0) is 25.7 Å². The normalized spacial score (nSPS) is 18.2. The number of hydrogen-bond donors (Lipinski definition) is 1. The Balaban J connectivity index is 1.94. The molecule has 1 atom stereocenters. The minimum absolute atomic E-state index is 0.302. The number of ether oxygens (including phenoxy) is 1. The summed E-state index contributed by atoms with van der Waals surface area (Å²) in [5.41, 5.74) is 0. The lowest BCUT2D eigenvalue weighted by atomic mass is 10.2. The molecule has 1 aromatic rings. The van der Waals surface area contributed by atoms with Crippen LogP contribution in [0.15, 0.2) is 6.20 Å². The van der Waals surface area contributed by atoms with E-state index in [9.17, 15) is 0 Å². The van der Waals surface area contributed by atoms with Gasteiger partial charge < -0.3 is 15.0 Å². The van der Waals surface area contributed by atoms with Crippen LogP contribution in [0, 0.1) is 0 Å². The summed E-state index contributed by atoms with van der Waals surface area (Å²) in [4.78, 5) is 6.74. The third kappa shape index (κ3) is 4.30. The van der Waals surface area contributed by atoms with E-state index in [2.05, 4.69) is 39.2 Å². The lowest BCUT2D eigenvalue weighted by Gasteiger charge is -2.21. The Kier molecular flexibility index (Phi) is 5.98. The molecule has 112 valence electrons. The Morgan fingerprint density at radius 1 is 1.35 bits per heavy atom. The maximum Gasteiger partial charge on any atom is 0.247 e. The van der Waals surface area contributed by atoms with E-state index >= 15 is 0 Å². The van der Waals surface area contributed by atoms with E-state index in [-0.39, 0.29) is 0 Å². The van der Waals surface area contributed by atoms with Crippen LogP contribution in [-0.4, -0.2) is 47.5 Å². The zero-order valence-corrected chi connectivity index (χ0v) is 12.5. The highest BCUT2D eigenvalue weighted by atomic mass is 16.5. The van der Waals surface area contributed by atoms with Gasteiger partial charge in [0.2, 0.25) is 5.95 Å². The Bertz CT molecular complexity index is 389. The Labute approximate surface area is 120 Å². The topological polar surface area (TPSA) is 63.2 Å². The second-order valence-corrected chi connectivity index (χ2v) is 5.14. The van der Waals surface area contributed by atoms with Crippen molar-refractivity contribution in [2.75, 3.05) is 36.5 Å². The van der Waals surface area contributed by atoms with Crippen molar-refractivity contribution < 1.29 is 4.74 Å². The second-order valence-electron chi connectivity index (χ2n) is 5.14. The lowest BCUT2D eigenvalue weighted by molar-refractivity contribution is 0.120. The SMILES string of the molecule is CCCN(CCC)c1nncc(NCC2CCCO2)n1. The average molecular weight is 279 g/mol. The van der Waals surface area contributed by atoms with Gasteiger partial charge in [-0.3, -0.25) is 0 Å². The highest BCUT2D eigenvalue weighted by Gasteiger charge is 2.15. The van der Waals surface area contributed by atoms with Crippen LogP contribution in [-0.2, 0) is 4.74 Å². The molecule has 0 aromatic carbocycles. The fourth-order valence-electron chi connectivity index (χ4n) is 2.39. The van der Waals surface area contributed by atoms with E-state index in [1.165, 1.54) is 0 Å². The summed E-state index contributed by atoms with van der Waals surface area (Å²) in [7, 11) is 0. The molecule has 1 fully saturated rings. The zero-order valence-electron chi connectivity index (χ0n) is 12.5. The molecule has 0 aliphatic carbocycles. The molecule has 0 amide bonds. The van der Waals surface area contributed by atoms with Crippen LogP contribution < -0.4 is 10.2 Å². The van der Waals surface area contributed by atoms with Gasteiger partial charge >= 0.3 is 0 Å². The van der Waals surface area contributed by atoms with Crippen molar-refractivity contribution in [3.8, 4) is 0 Å². The minimum atomic E-state index is 0.302. The third-order valence-electron chi connectivity index (χ3n) is 3.35. The van der Waals surface area contributed by atoms with Crippen LogP contribution >= 0.6 is 0 Å². The number of anilines is 2. The van der Waals surface area contributed by atoms with Crippen molar-refractivity contribution in [3.05, 3.63) is 6.20 Å². The average Bonchev–Trinajstić information content (AvgIpc) is 2.98. The maximum atomic E-state index is 5.59. The van der Waals surface area contributed by atoms with Crippen molar-refractivity contribution in [3.63, 3.8) is 0 Å². The molecular weight excluding hydrogens is 254 g/mol. The first-order valence-corrected chi connectivity index (χ1v) is 7.63. The molecule has 0 radical (unpaired) electrons. The van der Waals surface area contributed by atoms with Crippen LogP contribution in [0.2, 0.25) is 0 Å². The standard InChI is InChI=1S/C14H25N5O/c1-3-7-19(8-4-2)14-17-13(11-16-18-14)15-10-12-6-5-9-20-12/h11-12H,3-10H2,1-2H3,(H,15,17,18). The van der Waals surface area contributed by atoms with Crippen molar-refractivity contribution in [2.45, 2.75) is 45.6 Å². The summed E-state index contributed by atoms with van der Waals surface area (Å²) in [6.07, 6.45) is 6.41. The van der Waals surface area contributed by atoms with Crippen LogP contribution in [0.5, 0.6) is 0 Å². The van der Waals surface area contributed by atoms with Crippen molar-refractivity contribution in [2.24, 2.45) is 0 Å². The van der Waals surface area contributed by atoms with E-state index in [0.29, 0.717) is 12.1 Å². The molecule has 1 aliphatic heterocycles. The number of nitrogens with zero attached hydrogens (tertiary/aromatic N) is 4. The van der Waals surface area contributed by atoms with Crippen LogP contribution in [0.3, 0.4) is 0 Å². The summed E-state index contributed by atoms with van der Waals surface area (Å²) in [5.74, 6) is 1.49. The van der Waals surface area contributed by atoms with Gasteiger partial charge in [0.25, 0.3) is 0 Å². The van der Waals surface area contributed by atoms with Gasteiger partial charge in [0, 0.05) is 26.2 Å². The molecular formula is C14H25N5O. The van der Waals surface area contributed by atoms with Gasteiger partial charge in [-0.1, -0.05) is 13.8 Å². The van der Waals surface area contributed by atoms with Crippen LogP contribution in [0.25, 0.3) is 0 Å². The molecule has 1 aliphatic rings. The zero-order chi connectivity index (χ0) is 14.2. The fourth-order valence-corrected chi connectivity index (χ4v) is 2.39. The monoisotopic (exact) mass is 279 g/mol. The molecule has 6 heteroatoms. The first-order valence-electron chi connectivity index (χ1n) is 7.63. The van der Waals surface area contributed by atoms with Gasteiger partial charge in [-0.25, -0.2) is 0 Å². The van der Waals surface area contributed by atoms with Crippen LogP contribution in [0.1, 0.15) is 39.5 Å². The third-order valence-corrected chi connectivity index (χ3v) is 3.35. The highest BCUT2D eigenvalue weighted by Crippen LogP contribution is 2.14. The quantitative estimate of drug-likeness (QED) is 0.786. The first kappa shape index (κ1) is 15.0. The van der Waals surface area contributed by atoms with Crippen LogP contribution in [0.4, 0.5) is 11.8 Å². The molecule has 0 bridgehead atoms. The van der Waals surface area contributed by atoms with E-state index in [0.717, 1.165) is 57.7 Å². The fraction of sp³-hybridized carbons (Fsp3) is 0.786. The van der Waals surface area contributed by atoms with Gasteiger partial charge in [0.15, 0.2) is 5.82 Å². The van der Waals surface area contributed by atoms with E-state index in [1.807, 2.05) is 0 Å². The molecule has 1 aromatic heterocycles. The number of hydrogen-bond acceptors (Lipinski definition) is 6. The second kappa shape index (κ2) is 7.99. The van der Waals surface area contributed by atoms with Crippen molar-refractivity contribution in [1.82, 2.24) is 15.2 Å². The Morgan fingerprint density at radius 2 is 2.15 bits per heavy atom. The summed E-state index contributed by atoms with van der Waals surface area (Å²) in [6, 6.07) is 0. The maximum absolute atomic E-state index is 5.59. The van der Waals surface area contributed by atoms with Gasteiger partial charge in [-0.2, -0.15) is 10.1 Å². The summed E-state index contributed by atoms with van der Waals surface area (Å²) >= 11 is 0. The summed E-state index contributed by atoms with van der Waals surface area (Å²) in [6.45, 7) is 7.92. The molecule has 6 nitrogen and oxygen atoms in total. The largest absolute Gasteiger partial charge is 0.376 e. The molecule has 0 saturated carbocycles. The summed E-state index contributed by atoms with van der Waals surface area (Å²) < 4.78 is 5.59. The molecule has 1 saturated heterocycles. The highest BCUT2D eigenvalue weighted by molar-refractivity contribution is 5.38.